The Labute approximate surface area is 118 Å². The van der Waals surface area contributed by atoms with Gasteiger partial charge in [0, 0.05) is 24.4 Å². The maximum absolute atomic E-state index is 12.1. The zero-order valence-corrected chi connectivity index (χ0v) is 11.8. The van der Waals surface area contributed by atoms with Crippen molar-refractivity contribution in [3.05, 3.63) is 36.0 Å². The molecule has 1 aromatic heterocycles. The lowest BCUT2D eigenvalue weighted by molar-refractivity contribution is -0.122. The molecule has 0 saturated carbocycles. The number of fused-ring (bicyclic) bond motifs is 1. The van der Waals surface area contributed by atoms with Crippen molar-refractivity contribution < 1.29 is 9.53 Å². The van der Waals surface area contributed by atoms with Crippen LogP contribution in [-0.4, -0.2) is 29.7 Å². The predicted molar refractivity (Wildman–Crippen MR) is 78.7 cm³/mol. The second-order valence-electron chi connectivity index (χ2n) is 5.37. The molecule has 1 saturated heterocycles. The number of carbonyl (C=O) groups excluding carboxylic acids is 1. The summed E-state index contributed by atoms with van der Waals surface area (Å²) in [5.41, 5.74) is 2.22. The summed E-state index contributed by atoms with van der Waals surface area (Å²) in [6.45, 7) is 3.85. The summed E-state index contributed by atoms with van der Waals surface area (Å²) in [6, 6.07) is 10.3. The van der Waals surface area contributed by atoms with Crippen LogP contribution in [0.3, 0.4) is 0 Å². The fourth-order valence-electron chi connectivity index (χ4n) is 2.79. The summed E-state index contributed by atoms with van der Waals surface area (Å²) in [5.74, 6) is 0.0463. The van der Waals surface area contributed by atoms with E-state index in [1.54, 1.807) is 0 Å². The smallest absolute Gasteiger partial charge is 0.240 e. The van der Waals surface area contributed by atoms with E-state index in [2.05, 4.69) is 28.1 Å². The van der Waals surface area contributed by atoms with Crippen LogP contribution in [0.25, 0.3) is 10.9 Å². The Hall–Kier alpha value is -1.81. The first kappa shape index (κ1) is 13.2. The lowest BCUT2D eigenvalue weighted by Crippen LogP contribution is -2.34. The van der Waals surface area contributed by atoms with Crippen LogP contribution in [0, 0.1) is 6.92 Å². The van der Waals surface area contributed by atoms with Crippen molar-refractivity contribution in [2.24, 2.45) is 0 Å². The van der Waals surface area contributed by atoms with Crippen molar-refractivity contribution in [2.75, 3.05) is 13.2 Å². The largest absolute Gasteiger partial charge is 0.376 e. The molecule has 1 aromatic carbocycles. The summed E-state index contributed by atoms with van der Waals surface area (Å²) in [6.07, 6.45) is 2.34. The van der Waals surface area contributed by atoms with Gasteiger partial charge in [-0.2, -0.15) is 0 Å². The number of para-hydroxylation sites is 1. The number of aromatic nitrogens is 1. The molecule has 1 aliphatic heterocycles. The molecule has 4 heteroatoms. The first-order chi connectivity index (χ1) is 9.74. The van der Waals surface area contributed by atoms with E-state index < -0.39 is 0 Å². The highest BCUT2D eigenvalue weighted by molar-refractivity contribution is 5.84. The highest BCUT2D eigenvalue weighted by atomic mass is 16.5. The highest BCUT2D eigenvalue weighted by Crippen LogP contribution is 2.18. The molecule has 1 amide bonds. The fraction of sp³-hybridized carbons (Fsp3) is 0.438. The molecule has 1 N–H and O–H groups in total. The van der Waals surface area contributed by atoms with Crippen LogP contribution in [0.2, 0.25) is 0 Å². The van der Waals surface area contributed by atoms with Crippen molar-refractivity contribution in [3.63, 3.8) is 0 Å². The Kier molecular flexibility index (Phi) is 3.74. The van der Waals surface area contributed by atoms with Gasteiger partial charge in [-0.05, 0) is 37.3 Å². The van der Waals surface area contributed by atoms with Crippen LogP contribution < -0.4 is 5.32 Å². The van der Waals surface area contributed by atoms with Gasteiger partial charge in [-0.1, -0.05) is 18.2 Å². The van der Waals surface area contributed by atoms with E-state index in [1.807, 2.05) is 19.1 Å². The minimum Gasteiger partial charge on any atom is -0.376 e. The van der Waals surface area contributed by atoms with Gasteiger partial charge in [0.1, 0.15) is 6.54 Å². The van der Waals surface area contributed by atoms with Gasteiger partial charge in [0.2, 0.25) is 5.91 Å². The van der Waals surface area contributed by atoms with E-state index in [1.165, 1.54) is 5.39 Å². The number of hydrogen-bond acceptors (Lipinski definition) is 2. The zero-order valence-electron chi connectivity index (χ0n) is 11.8. The molecule has 1 unspecified atom stereocenters. The number of ether oxygens (including phenoxy) is 1. The van der Waals surface area contributed by atoms with Crippen LogP contribution in [0.5, 0.6) is 0 Å². The Bertz CT molecular complexity index is 612. The molecule has 2 heterocycles. The fourth-order valence-corrected chi connectivity index (χ4v) is 2.79. The van der Waals surface area contributed by atoms with Crippen LogP contribution in [-0.2, 0) is 16.1 Å². The predicted octanol–water partition coefficient (Wildman–Crippen LogP) is 2.24. The Morgan fingerprint density at radius 2 is 2.30 bits per heavy atom. The highest BCUT2D eigenvalue weighted by Gasteiger charge is 2.16. The Morgan fingerprint density at radius 1 is 1.45 bits per heavy atom. The number of hydrogen-bond donors (Lipinski definition) is 1. The molecule has 0 radical (unpaired) electrons. The number of carbonyl (C=O) groups is 1. The van der Waals surface area contributed by atoms with Gasteiger partial charge in [-0.3, -0.25) is 4.79 Å². The van der Waals surface area contributed by atoms with Crippen LogP contribution in [0.15, 0.2) is 30.3 Å². The third-order valence-electron chi connectivity index (χ3n) is 3.87. The van der Waals surface area contributed by atoms with Crippen LogP contribution in [0.4, 0.5) is 0 Å². The minimum atomic E-state index is 0.0463. The summed E-state index contributed by atoms with van der Waals surface area (Å²) in [5, 5.41) is 4.15. The number of aryl methyl sites for hydroxylation is 1. The molecule has 4 nitrogen and oxygen atoms in total. The molecule has 20 heavy (non-hydrogen) atoms. The monoisotopic (exact) mass is 272 g/mol. The van der Waals surface area contributed by atoms with Gasteiger partial charge in [0.05, 0.1) is 6.10 Å². The van der Waals surface area contributed by atoms with Crippen molar-refractivity contribution in [1.29, 1.82) is 0 Å². The standard InChI is InChI=1S/C16H20N2O2/c1-12-9-13-5-2-3-7-15(13)18(12)11-16(19)17-10-14-6-4-8-20-14/h2-3,5,7,9,14H,4,6,8,10-11H2,1H3,(H,17,19). The first-order valence-corrected chi connectivity index (χ1v) is 7.17. The van der Waals surface area contributed by atoms with E-state index in [9.17, 15) is 4.79 Å². The summed E-state index contributed by atoms with van der Waals surface area (Å²) in [7, 11) is 0. The van der Waals surface area contributed by atoms with Gasteiger partial charge in [-0.15, -0.1) is 0 Å². The van der Waals surface area contributed by atoms with Gasteiger partial charge in [0.15, 0.2) is 0 Å². The first-order valence-electron chi connectivity index (χ1n) is 7.17. The SMILES string of the molecule is Cc1cc2ccccc2n1CC(=O)NCC1CCCO1. The van der Waals surface area contributed by atoms with E-state index >= 15 is 0 Å². The summed E-state index contributed by atoms with van der Waals surface area (Å²) in [4.78, 5) is 12.1. The molecule has 1 fully saturated rings. The van der Waals surface area contributed by atoms with Gasteiger partial charge >= 0.3 is 0 Å². The number of benzene rings is 1. The van der Waals surface area contributed by atoms with Crippen LogP contribution >= 0.6 is 0 Å². The minimum absolute atomic E-state index is 0.0463. The average Bonchev–Trinajstić information content (AvgIpc) is 3.06. The second kappa shape index (κ2) is 5.67. The van der Waals surface area contributed by atoms with Gasteiger partial charge in [0.25, 0.3) is 0 Å². The molecule has 1 aliphatic rings. The van der Waals surface area contributed by atoms with Crippen molar-refractivity contribution >= 4 is 16.8 Å². The number of amides is 1. The molecule has 2 aromatic rings. The molecule has 0 spiro atoms. The molecule has 0 bridgehead atoms. The normalized spacial score (nSPS) is 18.6. The number of nitrogens with one attached hydrogen (secondary N) is 1. The molecular weight excluding hydrogens is 252 g/mol. The van der Waals surface area contributed by atoms with E-state index in [4.69, 9.17) is 4.74 Å². The third kappa shape index (κ3) is 2.70. The van der Waals surface area contributed by atoms with Crippen molar-refractivity contribution in [1.82, 2.24) is 9.88 Å². The van der Waals surface area contributed by atoms with Gasteiger partial charge < -0.3 is 14.6 Å². The summed E-state index contributed by atoms with van der Waals surface area (Å²) < 4.78 is 7.57. The zero-order chi connectivity index (χ0) is 13.9. The molecule has 1 atom stereocenters. The van der Waals surface area contributed by atoms with Crippen molar-refractivity contribution in [3.8, 4) is 0 Å². The van der Waals surface area contributed by atoms with Gasteiger partial charge in [-0.25, -0.2) is 0 Å². The second-order valence-corrected chi connectivity index (χ2v) is 5.37. The Morgan fingerprint density at radius 3 is 3.10 bits per heavy atom. The molecule has 3 rings (SSSR count). The lowest BCUT2D eigenvalue weighted by atomic mass is 10.2. The maximum Gasteiger partial charge on any atom is 0.240 e. The topological polar surface area (TPSA) is 43.3 Å². The van der Waals surface area contributed by atoms with E-state index in [-0.39, 0.29) is 12.0 Å². The quantitative estimate of drug-likeness (QED) is 0.927. The Balaban J connectivity index is 1.66. The molecular formula is C16H20N2O2. The molecule has 106 valence electrons. The summed E-state index contributed by atoms with van der Waals surface area (Å²) >= 11 is 0. The van der Waals surface area contributed by atoms with E-state index in [0.29, 0.717) is 13.1 Å². The van der Waals surface area contributed by atoms with Crippen LogP contribution in [0.1, 0.15) is 18.5 Å². The lowest BCUT2D eigenvalue weighted by Gasteiger charge is -2.12. The van der Waals surface area contributed by atoms with E-state index in [0.717, 1.165) is 30.7 Å². The third-order valence-corrected chi connectivity index (χ3v) is 3.87. The van der Waals surface area contributed by atoms with Crippen molar-refractivity contribution in [2.45, 2.75) is 32.4 Å². The maximum atomic E-state index is 12.1. The number of nitrogens with zero attached hydrogens (tertiary/aromatic N) is 1. The average molecular weight is 272 g/mol. The number of rotatable bonds is 4. The molecule has 0 aliphatic carbocycles.